The summed E-state index contributed by atoms with van der Waals surface area (Å²) < 4.78 is 31.7. The van der Waals surface area contributed by atoms with Crippen molar-refractivity contribution in [2.75, 3.05) is 23.7 Å². The number of carbonyl (C=O) groups excluding carboxylic acids is 1. The minimum atomic E-state index is -5.08. The molecule has 0 bridgehead atoms. The van der Waals surface area contributed by atoms with Gasteiger partial charge in [0.05, 0.1) is 0 Å². The Morgan fingerprint density at radius 2 is 1.55 bits per heavy atom. The van der Waals surface area contributed by atoms with Crippen LogP contribution in [-0.4, -0.2) is 52.3 Å². The third kappa shape index (κ3) is 11.6. The Hall–Kier alpha value is -4.45. The van der Waals surface area contributed by atoms with Crippen LogP contribution in [-0.2, 0) is 28.9 Å². The smallest absolute Gasteiger partial charge is 0.475 e. The summed E-state index contributed by atoms with van der Waals surface area (Å²) in [6.07, 6.45) is -2.82. The van der Waals surface area contributed by atoms with Crippen LogP contribution < -0.4 is 16.0 Å². The molecule has 42 heavy (non-hydrogen) atoms. The van der Waals surface area contributed by atoms with E-state index in [0.29, 0.717) is 24.7 Å². The van der Waals surface area contributed by atoms with Crippen LogP contribution >= 0.6 is 11.3 Å². The monoisotopic (exact) mass is 599 g/mol. The van der Waals surface area contributed by atoms with Crippen molar-refractivity contribution in [3.8, 4) is 0 Å². The Balaban J connectivity index is 0.000000616. The molecular formula is C30H32F3N5O3S. The molecule has 0 aliphatic carbocycles. The first-order valence-electron chi connectivity index (χ1n) is 13.1. The second-order valence-electron chi connectivity index (χ2n) is 9.19. The van der Waals surface area contributed by atoms with E-state index >= 15 is 0 Å². The second kappa shape index (κ2) is 16.1. The van der Waals surface area contributed by atoms with Crippen LogP contribution in [0.2, 0.25) is 0 Å². The van der Waals surface area contributed by atoms with Gasteiger partial charge in [0.2, 0.25) is 11.9 Å². The first kappa shape index (κ1) is 32.1. The van der Waals surface area contributed by atoms with Gasteiger partial charge in [0.15, 0.2) is 0 Å². The summed E-state index contributed by atoms with van der Waals surface area (Å²) in [5.41, 5.74) is 3.12. The number of benzene rings is 2. The van der Waals surface area contributed by atoms with E-state index in [0.717, 1.165) is 30.6 Å². The van der Waals surface area contributed by atoms with Gasteiger partial charge in [-0.25, -0.2) is 9.78 Å². The summed E-state index contributed by atoms with van der Waals surface area (Å²) in [7, 11) is 0. The molecule has 0 aliphatic rings. The Bertz CT molecular complexity index is 1390. The van der Waals surface area contributed by atoms with Crippen molar-refractivity contribution in [2.45, 2.75) is 38.4 Å². The molecule has 222 valence electrons. The maximum atomic E-state index is 13.2. The van der Waals surface area contributed by atoms with Crippen molar-refractivity contribution < 1.29 is 27.9 Å². The van der Waals surface area contributed by atoms with E-state index in [1.165, 1.54) is 10.4 Å². The first-order chi connectivity index (χ1) is 20.1. The van der Waals surface area contributed by atoms with Gasteiger partial charge >= 0.3 is 12.1 Å². The molecule has 4 N–H and O–H groups in total. The highest BCUT2D eigenvalue weighted by molar-refractivity contribution is 7.09. The van der Waals surface area contributed by atoms with Gasteiger partial charge in [-0.15, -0.1) is 11.3 Å². The SMILES string of the molecule is Cc1cc(N[C@@H](Cc2ccccc2)C(=O)NCCc2ccccc2)nc(NCCc2cccs2)n1.O=C(O)C(F)(F)F. The average Bonchev–Trinajstić information content (AvgIpc) is 3.47. The molecule has 2 heterocycles. The molecule has 8 nitrogen and oxygen atoms in total. The van der Waals surface area contributed by atoms with Crippen molar-refractivity contribution in [1.29, 1.82) is 0 Å². The van der Waals surface area contributed by atoms with Gasteiger partial charge in [0.1, 0.15) is 11.9 Å². The number of amides is 1. The standard InChI is InChI=1S/C28H31N5OS.C2HF3O2/c1-21-19-26(33-28(31-21)30-17-15-24-13-8-18-35-24)32-25(20-23-11-6-3-7-12-23)27(34)29-16-14-22-9-4-2-5-10-22;3-2(4,5)1(6)7/h2-13,18-19,25H,14-17,20H2,1H3,(H,29,34)(H2,30,31,32,33);(H,6,7)/t25-;/m0./s1. The number of thiophene rings is 1. The number of nitrogens with zero attached hydrogens (tertiary/aromatic N) is 2. The number of hydrogen-bond donors (Lipinski definition) is 4. The molecule has 4 aromatic rings. The highest BCUT2D eigenvalue weighted by Gasteiger charge is 2.38. The number of aliphatic carboxylic acids is 1. The number of rotatable bonds is 12. The molecule has 0 saturated carbocycles. The predicted molar refractivity (Wildman–Crippen MR) is 158 cm³/mol. The van der Waals surface area contributed by atoms with E-state index in [1.807, 2.05) is 61.5 Å². The molecule has 0 radical (unpaired) electrons. The predicted octanol–water partition coefficient (Wildman–Crippen LogP) is 5.52. The lowest BCUT2D eigenvalue weighted by Gasteiger charge is -2.20. The molecule has 2 aromatic heterocycles. The Morgan fingerprint density at radius 3 is 2.14 bits per heavy atom. The molecule has 0 unspecified atom stereocenters. The van der Waals surface area contributed by atoms with Crippen molar-refractivity contribution in [3.63, 3.8) is 0 Å². The normalized spacial score (nSPS) is 11.5. The maximum absolute atomic E-state index is 13.2. The summed E-state index contributed by atoms with van der Waals surface area (Å²) in [5, 5.41) is 19.0. The van der Waals surface area contributed by atoms with Crippen molar-refractivity contribution in [2.24, 2.45) is 0 Å². The molecule has 0 saturated heterocycles. The van der Waals surface area contributed by atoms with Crippen LogP contribution in [0.1, 0.15) is 21.7 Å². The number of nitrogens with one attached hydrogen (secondary N) is 3. The summed E-state index contributed by atoms with van der Waals surface area (Å²) in [4.78, 5) is 32.5. The fraction of sp³-hybridized carbons (Fsp3) is 0.267. The number of halogens is 3. The largest absolute Gasteiger partial charge is 0.490 e. The number of alkyl halides is 3. The van der Waals surface area contributed by atoms with Crippen molar-refractivity contribution in [1.82, 2.24) is 15.3 Å². The molecule has 0 aliphatic heterocycles. The average molecular weight is 600 g/mol. The zero-order valence-corrected chi connectivity index (χ0v) is 23.7. The maximum Gasteiger partial charge on any atom is 0.490 e. The van der Waals surface area contributed by atoms with Gasteiger partial charge in [-0.1, -0.05) is 66.7 Å². The van der Waals surface area contributed by atoms with Gasteiger partial charge in [0, 0.05) is 36.1 Å². The van der Waals surface area contributed by atoms with E-state index < -0.39 is 18.2 Å². The molecule has 4 rings (SSSR count). The van der Waals surface area contributed by atoms with Gasteiger partial charge in [-0.05, 0) is 42.3 Å². The lowest BCUT2D eigenvalue weighted by molar-refractivity contribution is -0.192. The van der Waals surface area contributed by atoms with Crippen molar-refractivity contribution in [3.05, 3.63) is 106 Å². The summed E-state index contributed by atoms with van der Waals surface area (Å²) >= 11 is 1.74. The zero-order valence-electron chi connectivity index (χ0n) is 22.9. The molecule has 2 aromatic carbocycles. The summed E-state index contributed by atoms with van der Waals surface area (Å²) in [5.74, 6) is -1.61. The fourth-order valence-corrected chi connectivity index (χ4v) is 4.52. The fourth-order valence-electron chi connectivity index (χ4n) is 3.81. The second-order valence-corrected chi connectivity index (χ2v) is 10.2. The number of carbonyl (C=O) groups is 2. The molecule has 0 fully saturated rings. The highest BCUT2D eigenvalue weighted by atomic mass is 32.1. The number of aryl methyl sites for hydroxylation is 1. The van der Waals surface area contributed by atoms with Crippen molar-refractivity contribution >= 4 is 35.0 Å². The number of carboxylic acid groups (broad SMARTS) is 1. The first-order valence-corrected chi connectivity index (χ1v) is 14.0. The van der Waals surface area contributed by atoms with Crippen LogP contribution in [0, 0.1) is 6.92 Å². The summed E-state index contributed by atoms with van der Waals surface area (Å²) in [6, 6.07) is 25.8. The highest BCUT2D eigenvalue weighted by Crippen LogP contribution is 2.15. The summed E-state index contributed by atoms with van der Waals surface area (Å²) in [6.45, 7) is 3.26. The lowest BCUT2D eigenvalue weighted by atomic mass is 10.0. The number of carboxylic acids is 1. The minimum Gasteiger partial charge on any atom is -0.475 e. The Kier molecular flexibility index (Phi) is 12.3. The number of aromatic nitrogens is 2. The van der Waals surface area contributed by atoms with Crippen LogP contribution in [0.3, 0.4) is 0 Å². The van der Waals surface area contributed by atoms with Gasteiger partial charge in [0.25, 0.3) is 0 Å². The van der Waals surface area contributed by atoms with E-state index in [1.54, 1.807) is 11.3 Å². The van der Waals surface area contributed by atoms with Gasteiger partial charge in [-0.2, -0.15) is 18.2 Å². The van der Waals surface area contributed by atoms with E-state index in [9.17, 15) is 18.0 Å². The van der Waals surface area contributed by atoms with Gasteiger partial charge < -0.3 is 21.1 Å². The van der Waals surface area contributed by atoms with E-state index in [2.05, 4.69) is 55.6 Å². The topological polar surface area (TPSA) is 116 Å². The third-order valence-electron chi connectivity index (χ3n) is 5.81. The zero-order chi connectivity index (χ0) is 30.4. The van der Waals surface area contributed by atoms with E-state index in [-0.39, 0.29) is 5.91 Å². The van der Waals surface area contributed by atoms with E-state index in [4.69, 9.17) is 9.90 Å². The van der Waals surface area contributed by atoms with Crippen LogP contribution in [0.5, 0.6) is 0 Å². The molecule has 12 heteroatoms. The molecule has 0 spiro atoms. The molecular weight excluding hydrogens is 567 g/mol. The van der Waals surface area contributed by atoms with Crippen LogP contribution in [0.4, 0.5) is 24.9 Å². The number of hydrogen-bond acceptors (Lipinski definition) is 7. The lowest BCUT2D eigenvalue weighted by Crippen LogP contribution is -2.42. The third-order valence-corrected chi connectivity index (χ3v) is 6.74. The Labute approximate surface area is 246 Å². The quantitative estimate of drug-likeness (QED) is 0.170. The van der Waals surface area contributed by atoms with Crippen LogP contribution in [0.15, 0.2) is 84.2 Å². The minimum absolute atomic E-state index is 0.0479. The number of anilines is 2. The van der Waals surface area contributed by atoms with Gasteiger partial charge in [-0.3, -0.25) is 4.79 Å². The molecule has 1 amide bonds. The van der Waals surface area contributed by atoms with Crippen LogP contribution in [0.25, 0.3) is 0 Å². The Morgan fingerprint density at radius 1 is 0.905 bits per heavy atom. The molecule has 1 atom stereocenters.